The summed E-state index contributed by atoms with van der Waals surface area (Å²) in [6.45, 7) is 5.57. The summed E-state index contributed by atoms with van der Waals surface area (Å²) in [5, 5.41) is 2.63. The number of alkyl carbamates (subject to hydrolysis) is 1. The highest BCUT2D eigenvalue weighted by molar-refractivity contribution is 5.97. The summed E-state index contributed by atoms with van der Waals surface area (Å²) in [7, 11) is 3.31. The number of nitrogens with one attached hydrogen (secondary N) is 1. The van der Waals surface area contributed by atoms with E-state index in [0.29, 0.717) is 23.5 Å². The number of esters is 1. The molecule has 3 aromatic rings. The van der Waals surface area contributed by atoms with Gasteiger partial charge in [0.25, 0.3) is 5.91 Å². The van der Waals surface area contributed by atoms with Gasteiger partial charge in [0.05, 0.1) is 5.56 Å². The molecule has 0 aromatic heterocycles. The van der Waals surface area contributed by atoms with Gasteiger partial charge in [-0.15, -0.1) is 0 Å². The summed E-state index contributed by atoms with van der Waals surface area (Å²) < 4.78 is 16.9. The average Bonchev–Trinajstić information content (AvgIpc) is 2.90. The molecule has 8 nitrogen and oxygen atoms in total. The highest BCUT2D eigenvalue weighted by Gasteiger charge is 2.27. The first-order valence-corrected chi connectivity index (χ1v) is 12.7. The molecular weight excluding hydrogens is 496 g/mol. The van der Waals surface area contributed by atoms with Gasteiger partial charge < -0.3 is 24.4 Å². The first-order chi connectivity index (χ1) is 18.5. The van der Waals surface area contributed by atoms with Crippen molar-refractivity contribution in [3.8, 4) is 5.75 Å². The molecule has 206 valence electrons. The lowest BCUT2D eigenvalue weighted by molar-refractivity contribution is -0.147. The van der Waals surface area contributed by atoms with E-state index in [1.165, 1.54) is 4.90 Å². The van der Waals surface area contributed by atoms with Crippen LogP contribution in [0, 0.1) is 0 Å². The van der Waals surface area contributed by atoms with Crippen molar-refractivity contribution in [1.82, 2.24) is 10.2 Å². The van der Waals surface area contributed by atoms with E-state index >= 15 is 0 Å². The van der Waals surface area contributed by atoms with Crippen molar-refractivity contribution in [3.63, 3.8) is 0 Å². The molecule has 3 aromatic carbocycles. The van der Waals surface area contributed by atoms with Crippen LogP contribution in [-0.4, -0.2) is 48.6 Å². The molecule has 0 aliphatic rings. The molecule has 8 heteroatoms. The number of hydrogen-bond donors (Lipinski definition) is 1. The van der Waals surface area contributed by atoms with Gasteiger partial charge >= 0.3 is 12.1 Å². The second kappa shape index (κ2) is 13.5. The Labute approximate surface area is 229 Å². The summed E-state index contributed by atoms with van der Waals surface area (Å²) >= 11 is 0. The van der Waals surface area contributed by atoms with Crippen LogP contribution in [0.5, 0.6) is 5.75 Å². The summed E-state index contributed by atoms with van der Waals surface area (Å²) in [5.41, 5.74) is 2.03. The zero-order chi connectivity index (χ0) is 28.4. The second-order valence-corrected chi connectivity index (χ2v) is 10.3. The van der Waals surface area contributed by atoms with Crippen LogP contribution < -0.4 is 10.1 Å². The minimum absolute atomic E-state index is 0.0583. The summed E-state index contributed by atoms with van der Waals surface area (Å²) in [5.74, 6) is -0.442. The van der Waals surface area contributed by atoms with Gasteiger partial charge in [0.1, 0.15) is 30.6 Å². The van der Waals surface area contributed by atoms with Crippen LogP contribution in [0.25, 0.3) is 0 Å². The molecule has 0 radical (unpaired) electrons. The van der Waals surface area contributed by atoms with Crippen LogP contribution in [0.4, 0.5) is 4.79 Å². The van der Waals surface area contributed by atoms with Crippen LogP contribution >= 0.6 is 0 Å². The first-order valence-electron chi connectivity index (χ1n) is 12.7. The van der Waals surface area contributed by atoms with Gasteiger partial charge in [0.15, 0.2) is 0 Å². The summed E-state index contributed by atoms with van der Waals surface area (Å²) in [6.07, 6.45) is -0.656. The van der Waals surface area contributed by atoms with E-state index in [-0.39, 0.29) is 18.9 Å². The van der Waals surface area contributed by atoms with Crippen molar-refractivity contribution in [1.29, 1.82) is 0 Å². The molecule has 2 amide bonds. The summed E-state index contributed by atoms with van der Waals surface area (Å²) in [4.78, 5) is 40.1. The van der Waals surface area contributed by atoms with E-state index in [0.717, 1.165) is 11.1 Å². The highest BCUT2D eigenvalue weighted by Crippen LogP contribution is 2.24. The summed E-state index contributed by atoms with van der Waals surface area (Å²) in [6, 6.07) is 23.0. The Balaban J connectivity index is 1.82. The maximum Gasteiger partial charge on any atom is 0.408 e. The van der Waals surface area contributed by atoms with Crippen LogP contribution in [0.1, 0.15) is 47.8 Å². The van der Waals surface area contributed by atoms with Gasteiger partial charge in [0, 0.05) is 20.5 Å². The SMILES string of the molecule is CN(C)C(=O)c1cc(CC(NC(=O)OC(C)(C)C)C(=O)OCc2ccccc2)ccc1OCc1ccccc1. The van der Waals surface area contributed by atoms with Gasteiger partial charge in [-0.05, 0) is 49.6 Å². The molecular formula is C31H36N2O6. The number of hydrogen-bond acceptors (Lipinski definition) is 6. The molecule has 0 bridgehead atoms. The maximum atomic E-state index is 13.1. The number of carbonyl (C=O) groups is 3. The Morgan fingerprint density at radius 1 is 0.821 bits per heavy atom. The molecule has 0 fully saturated rings. The zero-order valence-corrected chi connectivity index (χ0v) is 23.1. The Morgan fingerprint density at radius 3 is 1.97 bits per heavy atom. The van der Waals surface area contributed by atoms with E-state index in [2.05, 4.69) is 5.32 Å². The Hall–Kier alpha value is -4.33. The van der Waals surface area contributed by atoms with E-state index in [1.54, 1.807) is 53.1 Å². The van der Waals surface area contributed by atoms with E-state index < -0.39 is 23.7 Å². The number of rotatable bonds is 10. The fourth-order valence-corrected chi connectivity index (χ4v) is 3.68. The van der Waals surface area contributed by atoms with Crippen LogP contribution in [0.15, 0.2) is 78.9 Å². The maximum absolute atomic E-state index is 13.1. The lowest BCUT2D eigenvalue weighted by atomic mass is 10.0. The molecule has 0 saturated heterocycles. The fourth-order valence-electron chi connectivity index (χ4n) is 3.68. The normalized spacial score (nSPS) is 11.7. The van der Waals surface area contributed by atoms with Crippen molar-refractivity contribution < 1.29 is 28.6 Å². The third-order valence-electron chi connectivity index (χ3n) is 5.56. The Kier molecular flexibility index (Phi) is 10.1. The van der Waals surface area contributed by atoms with Crippen molar-refractivity contribution >= 4 is 18.0 Å². The Morgan fingerprint density at radius 2 is 1.41 bits per heavy atom. The van der Waals surface area contributed by atoms with Crippen LogP contribution in [0.3, 0.4) is 0 Å². The van der Waals surface area contributed by atoms with Crippen molar-refractivity contribution in [2.24, 2.45) is 0 Å². The van der Waals surface area contributed by atoms with Gasteiger partial charge in [-0.25, -0.2) is 9.59 Å². The number of carbonyl (C=O) groups excluding carboxylic acids is 3. The number of amides is 2. The largest absolute Gasteiger partial charge is 0.488 e. The zero-order valence-electron chi connectivity index (χ0n) is 23.1. The number of ether oxygens (including phenoxy) is 3. The van der Waals surface area contributed by atoms with E-state index in [1.807, 2.05) is 60.7 Å². The fraction of sp³-hybridized carbons (Fsp3) is 0.323. The van der Waals surface area contributed by atoms with Gasteiger partial charge in [-0.1, -0.05) is 66.7 Å². The standard InChI is InChI=1S/C31H36N2O6/c1-31(2,3)39-30(36)32-26(29(35)38-21-23-14-10-7-11-15-23)19-24-16-17-27(25(18-24)28(34)33(4)5)37-20-22-12-8-6-9-13-22/h6-18,26H,19-21H2,1-5H3,(H,32,36). The molecule has 1 unspecified atom stereocenters. The van der Waals surface area contributed by atoms with Crippen LogP contribution in [0.2, 0.25) is 0 Å². The molecule has 0 aliphatic heterocycles. The van der Waals surface area contributed by atoms with E-state index in [9.17, 15) is 14.4 Å². The highest BCUT2D eigenvalue weighted by atomic mass is 16.6. The van der Waals surface area contributed by atoms with Gasteiger partial charge in [0.2, 0.25) is 0 Å². The average molecular weight is 533 g/mol. The third-order valence-corrected chi connectivity index (χ3v) is 5.56. The molecule has 0 spiro atoms. The molecule has 0 aliphatic carbocycles. The lowest BCUT2D eigenvalue weighted by Gasteiger charge is -2.23. The van der Waals surface area contributed by atoms with Crippen LogP contribution in [-0.2, 0) is 33.9 Å². The minimum atomic E-state index is -1.04. The van der Waals surface area contributed by atoms with Crippen molar-refractivity contribution in [3.05, 3.63) is 101 Å². The van der Waals surface area contributed by atoms with Gasteiger partial charge in [-0.3, -0.25) is 4.79 Å². The second-order valence-electron chi connectivity index (χ2n) is 10.3. The molecule has 1 N–H and O–H groups in total. The monoisotopic (exact) mass is 532 g/mol. The quantitative estimate of drug-likeness (QED) is 0.363. The lowest BCUT2D eigenvalue weighted by Crippen LogP contribution is -2.45. The predicted molar refractivity (Wildman–Crippen MR) is 148 cm³/mol. The molecule has 1 atom stereocenters. The molecule has 39 heavy (non-hydrogen) atoms. The van der Waals surface area contributed by atoms with Gasteiger partial charge in [-0.2, -0.15) is 0 Å². The third kappa shape index (κ3) is 9.48. The van der Waals surface area contributed by atoms with Crippen molar-refractivity contribution in [2.75, 3.05) is 14.1 Å². The topological polar surface area (TPSA) is 94.2 Å². The van der Waals surface area contributed by atoms with Crippen molar-refractivity contribution in [2.45, 2.75) is 52.0 Å². The molecule has 3 rings (SSSR count). The van der Waals surface area contributed by atoms with E-state index in [4.69, 9.17) is 14.2 Å². The predicted octanol–water partition coefficient (Wildman–Crippen LogP) is 5.15. The number of nitrogens with zero attached hydrogens (tertiary/aromatic N) is 1. The smallest absolute Gasteiger partial charge is 0.408 e. The minimum Gasteiger partial charge on any atom is -0.488 e. The first kappa shape index (κ1) is 29.2. The molecule has 0 saturated carbocycles. The Bertz CT molecular complexity index is 1250. The molecule has 0 heterocycles. The number of benzene rings is 3.